The van der Waals surface area contributed by atoms with Crippen LogP contribution in [-0.2, 0) is 4.79 Å². The highest BCUT2D eigenvalue weighted by Gasteiger charge is 2.43. The summed E-state index contributed by atoms with van der Waals surface area (Å²) in [5.74, 6) is 0.808. The second-order valence-electron chi connectivity index (χ2n) is 5.12. The summed E-state index contributed by atoms with van der Waals surface area (Å²) in [6, 6.07) is 0.403. The summed E-state index contributed by atoms with van der Waals surface area (Å²) >= 11 is 0. The summed E-state index contributed by atoms with van der Waals surface area (Å²) in [6.07, 6.45) is 5.08. The molecule has 3 atom stereocenters. The lowest BCUT2D eigenvalue weighted by Crippen LogP contribution is -2.51. The molecule has 14 heavy (non-hydrogen) atoms. The van der Waals surface area contributed by atoms with Crippen LogP contribution in [0.1, 0.15) is 39.0 Å². The van der Waals surface area contributed by atoms with Crippen molar-refractivity contribution >= 4 is 13.8 Å². The van der Waals surface area contributed by atoms with Crippen LogP contribution in [0.15, 0.2) is 0 Å². The van der Waals surface area contributed by atoms with Crippen molar-refractivity contribution in [1.82, 2.24) is 4.90 Å². The third-order valence-corrected chi connectivity index (χ3v) is 4.09. The molecule has 1 saturated heterocycles. The highest BCUT2D eigenvalue weighted by atomic mass is 16.2. The number of piperidine rings is 1. The Morgan fingerprint density at radius 2 is 2.21 bits per heavy atom. The molecule has 1 heterocycles. The number of rotatable bonds is 0. The number of likely N-dealkylation sites (tertiary alicyclic amines) is 1. The van der Waals surface area contributed by atoms with E-state index in [1.165, 1.54) is 0 Å². The predicted molar refractivity (Wildman–Crippen MR) is 57.3 cm³/mol. The fourth-order valence-electron chi connectivity index (χ4n) is 3.14. The molecule has 0 aromatic carbocycles. The standard InChI is InChI=1S/C11H18BNO/c1-11(12)7-3-4-9-8(11)5-6-10(14)13(9)2/h8-9H,3-7H2,1-2H3. The summed E-state index contributed by atoms with van der Waals surface area (Å²) in [5, 5.41) is -0.0577. The van der Waals surface area contributed by atoms with Gasteiger partial charge in [0.1, 0.15) is 0 Å². The van der Waals surface area contributed by atoms with Gasteiger partial charge < -0.3 is 4.90 Å². The van der Waals surface area contributed by atoms with Crippen LogP contribution >= 0.6 is 0 Å². The van der Waals surface area contributed by atoms with Crippen LogP contribution in [0, 0.1) is 5.92 Å². The molecule has 2 rings (SSSR count). The molecule has 1 amide bonds. The molecule has 0 aromatic heterocycles. The van der Waals surface area contributed by atoms with Crippen LogP contribution in [0.5, 0.6) is 0 Å². The van der Waals surface area contributed by atoms with Crippen LogP contribution in [0.25, 0.3) is 0 Å². The summed E-state index contributed by atoms with van der Waals surface area (Å²) in [6.45, 7) is 2.15. The second-order valence-corrected chi connectivity index (χ2v) is 5.12. The van der Waals surface area contributed by atoms with E-state index < -0.39 is 0 Å². The summed E-state index contributed by atoms with van der Waals surface area (Å²) in [4.78, 5) is 13.5. The molecule has 2 radical (unpaired) electrons. The van der Waals surface area contributed by atoms with Gasteiger partial charge in [-0.2, -0.15) is 0 Å². The lowest BCUT2D eigenvalue weighted by atomic mass is 9.52. The Hall–Kier alpha value is -0.465. The van der Waals surface area contributed by atoms with Crippen molar-refractivity contribution in [3.05, 3.63) is 0 Å². The highest BCUT2D eigenvalue weighted by molar-refractivity contribution is 6.15. The maximum atomic E-state index is 11.5. The van der Waals surface area contributed by atoms with Crippen molar-refractivity contribution in [3.8, 4) is 0 Å². The number of carbonyl (C=O) groups excluding carboxylic acids is 1. The molecule has 2 aliphatic rings. The first-order valence-electron chi connectivity index (χ1n) is 5.57. The van der Waals surface area contributed by atoms with Gasteiger partial charge in [0.05, 0.1) is 7.85 Å². The minimum absolute atomic E-state index is 0.0577. The van der Waals surface area contributed by atoms with Gasteiger partial charge in [0.15, 0.2) is 0 Å². The summed E-state index contributed by atoms with van der Waals surface area (Å²) in [7, 11) is 8.23. The summed E-state index contributed by atoms with van der Waals surface area (Å²) in [5.41, 5.74) is 0. The van der Waals surface area contributed by atoms with Gasteiger partial charge in [0.25, 0.3) is 0 Å². The molecular formula is C11H18BNO. The number of fused-ring (bicyclic) bond motifs is 1. The van der Waals surface area contributed by atoms with Gasteiger partial charge in [0.2, 0.25) is 5.91 Å². The Morgan fingerprint density at radius 1 is 1.50 bits per heavy atom. The Balaban J connectivity index is 2.20. The molecule has 0 bridgehead atoms. The second kappa shape index (κ2) is 3.28. The molecule has 76 valence electrons. The van der Waals surface area contributed by atoms with Gasteiger partial charge in [-0.15, -0.1) is 0 Å². The average Bonchev–Trinajstić information content (AvgIpc) is 2.11. The van der Waals surface area contributed by atoms with Gasteiger partial charge in [0, 0.05) is 19.5 Å². The fourth-order valence-corrected chi connectivity index (χ4v) is 3.14. The van der Waals surface area contributed by atoms with Gasteiger partial charge in [-0.25, -0.2) is 0 Å². The molecule has 2 nitrogen and oxygen atoms in total. The maximum absolute atomic E-state index is 11.5. The smallest absolute Gasteiger partial charge is 0.222 e. The molecule has 2 fully saturated rings. The minimum Gasteiger partial charge on any atom is -0.343 e. The molecule has 3 unspecified atom stereocenters. The lowest BCUT2D eigenvalue weighted by Gasteiger charge is -2.50. The summed E-state index contributed by atoms with van der Waals surface area (Å²) < 4.78 is 0. The quantitative estimate of drug-likeness (QED) is 0.534. The monoisotopic (exact) mass is 191 g/mol. The van der Waals surface area contributed by atoms with E-state index in [9.17, 15) is 4.79 Å². The van der Waals surface area contributed by atoms with Crippen LogP contribution in [0.3, 0.4) is 0 Å². The van der Waals surface area contributed by atoms with Gasteiger partial charge >= 0.3 is 0 Å². The fraction of sp³-hybridized carbons (Fsp3) is 0.909. The minimum atomic E-state index is -0.0577. The third kappa shape index (κ3) is 1.47. The lowest BCUT2D eigenvalue weighted by molar-refractivity contribution is -0.138. The van der Waals surface area contributed by atoms with Gasteiger partial charge in [-0.1, -0.05) is 25.1 Å². The van der Waals surface area contributed by atoms with Crippen molar-refractivity contribution in [2.45, 2.75) is 50.4 Å². The zero-order chi connectivity index (χ0) is 10.3. The van der Waals surface area contributed by atoms with E-state index in [1.807, 2.05) is 11.9 Å². The molecule has 1 aliphatic heterocycles. The van der Waals surface area contributed by atoms with Crippen LogP contribution < -0.4 is 0 Å². The van der Waals surface area contributed by atoms with Crippen molar-refractivity contribution < 1.29 is 4.79 Å². The third-order valence-electron chi connectivity index (χ3n) is 4.09. The molecule has 0 spiro atoms. The van der Waals surface area contributed by atoms with E-state index >= 15 is 0 Å². The normalized spacial score (nSPS) is 43.6. The van der Waals surface area contributed by atoms with Crippen molar-refractivity contribution in [1.29, 1.82) is 0 Å². The first-order chi connectivity index (χ1) is 6.52. The van der Waals surface area contributed by atoms with Gasteiger partial charge in [-0.3, -0.25) is 4.79 Å². The first kappa shape index (κ1) is 10.1. The Kier molecular flexibility index (Phi) is 2.36. The molecule has 1 saturated carbocycles. The number of nitrogens with zero attached hydrogens (tertiary/aromatic N) is 1. The number of amides is 1. The van der Waals surface area contributed by atoms with Crippen LogP contribution in [-0.4, -0.2) is 31.7 Å². The maximum Gasteiger partial charge on any atom is 0.222 e. The molecule has 0 N–H and O–H groups in total. The zero-order valence-electron chi connectivity index (χ0n) is 9.12. The Morgan fingerprint density at radius 3 is 2.93 bits per heavy atom. The van der Waals surface area contributed by atoms with E-state index in [-0.39, 0.29) is 5.31 Å². The molecule has 3 heteroatoms. The number of carbonyl (C=O) groups is 1. The van der Waals surface area contributed by atoms with E-state index in [2.05, 4.69) is 6.92 Å². The zero-order valence-corrected chi connectivity index (χ0v) is 9.12. The van der Waals surface area contributed by atoms with E-state index in [0.717, 1.165) is 25.7 Å². The first-order valence-corrected chi connectivity index (χ1v) is 5.57. The number of hydrogen-bond donors (Lipinski definition) is 0. The van der Waals surface area contributed by atoms with E-state index in [1.54, 1.807) is 0 Å². The Labute approximate surface area is 87.5 Å². The van der Waals surface area contributed by atoms with Crippen molar-refractivity contribution in [3.63, 3.8) is 0 Å². The van der Waals surface area contributed by atoms with Gasteiger partial charge in [-0.05, 0) is 18.8 Å². The SMILES string of the molecule is [B]C1(C)CCCC2C1CCC(=O)N2C. The molecule has 1 aliphatic carbocycles. The van der Waals surface area contributed by atoms with Crippen LogP contribution in [0.2, 0.25) is 5.31 Å². The topological polar surface area (TPSA) is 20.3 Å². The highest BCUT2D eigenvalue weighted by Crippen LogP contribution is 2.49. The predicted octanol–water partition coefficient (Wildman–Crippen LogP) is 1.75. The van der Waals surface area contributed by atoms with Crippen molar-refractivity contribution in [2.24, 2.45) is 5.92 Å². The van der Waals surface area contributed by atoms with E-state index in [4.69, 9.17) is 7.85 Å². The Bertz CT molecular complexity index is 252. The van der Waals surface area contributed by atoms with Crippen molar-refractivity contribution in [2.75, 3.05) is 7.05 Å². The van der Waals surface area contributed by atoms with Crippen LogP contribution in [0.4, 0.5) is 0 Å². The number of hydrogen-bond acceptors (Lipinski definition) is 1. The molecule has 0 aromatic rings. The van der Waals surface area contributed by atoms with E-state index in [0.29, 0.717) is 24.3 Å². The largest absolute Gasteiger partial charge is 0.343 e. The molecular weight excluding hydrogens is 173 g/mol. The average molecular weight is 191 g/mol.